The van der Waals surface area contributed by atoms with Crippen molar-refractivity contribution in [1.82, 2.24) is 19.3 Å². The normalized spacial score (nSPS) is 20.4. The second kappa shape index (κ2) is 5.02. The van der Waals surface area contributed by atoms with Gasteiger partial charge in [-0.2, -0.15) is 5.10 Å². The molecule has 1 aliphatic rings. The van der Waals surface area contributed by atoms with Crippen molar-refractivity contribution in [1.29, 1.82) is 0 Å². The van der Waals surface area contributed by atoms with Crippen LogP contribution in [0.3, 0.4) is 0 Å². The molecule has 1 unspecified atom stereocenters. The zero-order valence-electron chi connectivity index (χ0n) is 11.2. The van der Waals surface area contributed by atoms with Crippen LogP contribution in [0.2, 0.25) is 0 Å². The van der Waals surface area contributed by atoms with Gasteiger partial charge in [-0.05, 0) is 18.9 Å². The summed E-state index contributed by atoms with van der Waals surface area (Å²) in [6, 6.07) is 1.85. The zero-order chi connectivity index (χ0) is 14.2. The van der Waals surface area contributed by atoms with E-state index in [1.807, 2.05) is 6.07 Å². The van der Waals surface area contributed by atoms with E-state index in [-0.39, 0.29) is 6.04 Å². The van der Waals surface area contributed by atoms with Crippen molar-refractivity contribution in [3.63, 3.8) is 0 Å². The predicted octanol–water partition coefficient (Wildman–Crippen LogP) is 0.247. The van der Waals surface area contributed by atoms with Gasteiger partial charge in [0.15, 0.2) is 5.82 Å². The van der Waals surface area contributed by atoms with Crippen molar-refractivity contribution in [2.75, 3.05) is 24.2 Å². The number of aromatic nitrogens is 3. The van der Waals surface area contributed by atoms with Crippen LogP contribution in [0.1, 0.15) is 12.8 Å². The Hall–Kier alpha value is -1.67. The Kier molecular flexibility index (Phi) is 3.35. The van der Waals surface area contributed by atoms with Crippen LogP contribution in [0.25, 0.3) is 5.52 Å². The average molecular weight is 295 g/mol. The Morgan fingerprint density at radius 2 is 2.25 bits per heavy atom. The third kappa shape index (κ3) is 2.75. The molecule has 0 saturated carbocycles. The van der Waals surface area contributed by atoms with E-state index in [0.29, 0.717) is 6.54 Å². The van der Waals surface area contributed by atoms with Gasteiger partial charge in [-0.1, -0.05) is 0 Å². The standard InChI is InChI=1S/C12H17N5O2S/c1-20(18,19)15-10-3-2-7-16(9-10)12-11-4-5-14-17(11)8-6-13-12/h4-6,8,10,15H,2-3,7,9H2,1H3. The van der Waals surface area contributed by atoms with Gasteiger partial charge in [0, 0.05) is 31.5 Å². The first-order chi connectivity index (χ1) is 9.53. The van der Waals surface area contributed by atoms with Gasteiger partial charge in [-0.3, -0.25) is 0 Å². The Morgan fingerprint density at radius 1 is 1.40 bits per heavy atom. The molecule has 108 valence electrons. The molecule has 1 saturated heterocycles. The molecule has 20 heavy (non-hydrogen) atoms. The van der Waals surface area contributed by atoms with Crippen LogP contribution in [0.4, 0.5) is 5.82 Å². The maximum atomic E-state index is 11.4. The molecule has 7 nitrogen and oxygen atoms in total. The first-order valence-corrected chi connectivity index (χ1v) is 8.43. The number of piperidine rings is 1. The first kappa shape index (κ1) is 13.3. The summed E-state index contributed by atoms with van der Waals surface area (Å²) in [6.45, 7) is 1.50. The Balaban J connectivity index is 1.85. The van der Waals surface area contributed by atoms with E-state index in [0.717, 1.165) is 30.7 Å². The minimum atomic E-state index is -3.18. The molecular weight excluding hydrogens is 278 g/mol. The number of fused-ring (bicyclic) bond motifs is 1. The van der Waals surface area contributed by atoms with Crippen LogP contribution in [0, 0.1) is 0 Å². The van der Waals surface area contributed by atoms with Crippen molar-refractivity contribution in [3.05, 3.63) is 24.7 Å². The fraction of sp³-hybridized carbons (Fsp3) is 0.500. The maximum Gasteiger partial charge on any atom is 0.209 e. The van der Waals surface area contributed by atoms with Crippen LogP contribution < -0.4 is 9.62 Å². The maximum absolute atomic E-state index is 11.4. The second-order valence-corrected chi connectivity index (χ2v) is 6.87. The third-order valence-electron chi connectivity index (χ3n) is 3.41. The minimum Gasteiger partial charge on any atom is -0.353 e. The minimum absolute atomic E-state index is 0.0660. The SMILES string of the molecule is CS(=O)(=O)NC1CCCN(c2nccn3nccc23)C1. The molecular formula is C12H17N5O2S. The molecule has 1 N–H and O–H groups in total. The third-order valence-corrected chi connectivity index (χ3v) is 4.17. The number of nitrogens with one attached hydrogen (secondary N) is 1. The van der Waals surface area contributed by atoms with Crippen LogP contribution >= 0.6 is 0 Å². The molecule has 0 bridgehead atoms. The van der Waals surface area contributed by atoms with E-state index in [1.54, 1.807) is 23.1 Å². The van der Waals surface area contributed by atoms with Gasteiger partial charge < -0.3 is 4.90 Å². The predicted molar refractivity (Wildman–Crippen MR) is 76.2 cm³/mol. The monoisotopic (exact) mass is 295 g/mol. The summed E-state index contributed by atoms with van der Waals surface area (Å²) >= 11 is 0. The molecule has 3 heterocycles. The molecule has 0 radical (unpaired) electrons. The van der Waals surface area contributed by atoms with Crippen molar-refractivity contribution < 1.29 is 8.42 Å². The highest BCUT2D eigenvalue weighted by atomic mass is 32.2. The van der Waals surface area contributed by atoms with Gasteiger partial charge in [-0.15, -0.1) is 0 Å². The highest BCUT2D eigenvalue weighted by molar-refractivity contribution is 7.88. The summed E-state index contributed by atoms with van der Waals surface area (Å²) in [6.07, 6.45) is 8.23. The molecule has 1 aliphatic heterocycles. The van der Waals surface area contributed by atoms with Crippen LogP contribution in [-0.2, 0) is 10.0 Å². The highest BCUT2D eigenvalue weighted by Gasteiger charge is 2.24. The van der Waals surface area contributed by atoms with E-state index >= 15 is 0 Å². The van der Waals surface area contributed by atoms with E-state index in [9.17, 15) is 8.42 Å². The number of hydrogen-bond acceptors (Lipinski definition) is 5. The first-order valence-electron chi connectivity index (χ1n) is 6.53. The summed E-state index contributed by atoms with van der Waals surface area (Å²) in [5, 5.41) is 4.19. The number of sulfonamides is 1. The highest BCUT2D eigenvalue weighted by Crippen LogP contribution is 2.22. The lowest BCUT2D eigenvalue weighted by Crippen LogP contribution is -2.47. The van der Waals surface area contributed by atoms with E-state index in [2.05, 4.69) is 19.7 Å². The van der Waals surface area contributed by atoms with Gasteiger partial charge in [0.05, 0.1) is 12.5 Å². The summed E-state index contributed by atoms with van der Waals surface area (Å²) in [4.78, 5) is 6.54. The van der Waals surface area contributed by atoms with Crippen LogP contribution in [0.15, 0.2) is 24.7 Å². The molecule has 8 heteroatoms. The van der Waals surface area contributed by atoms with E-state index in [4.69, 9.17) is 0 Å². The number of hydrogen-bond donors (Lipinski definition) is 1. The van der Waals surface area contributed by atoms with Gasteiger partial charge in [0.2, 0.25) is 10.0 Å². The Bertz CT molecular complexity index is 711. The summed E-state index contributed by atoms with van der Waals surface area (Å²) in [5.41, 5.74) is 0.938. The van der Waals surface area contributed by atoms with Gasteiger partial charge >= 0.3 is 0 Å². The number of rotatable bonds is 3. The van der Waals surface area contributed by atoms with E-state index < -0.39 is 10.0 Å². The lowest BCUT2D eigenvalue weighted by Gasteiger charge is -2.33. The summed E-state index contributed by atoms with van der Waals surface area (Å²) in [5.74, 6) is 0.852. The summed E-state index contributed by atoms with van der Waals surface area (Å²) < 4.78 is 27.2. The molecule has 0 amide bonds. The fourth-order valence-electron chi connectivity index (χ4n) is 2.66. The molecule has 3 rings (SSSR count). The molecule has 1 atom stereocenters. The summed E-state index contributed by atoms with van der Waals surface area (Å²) in [7, 11) is -3.18. The lowest BCUT2D eigenvalue weighted by atomic mass is 10.1. The Morgan fingerprint density at radius 3 is 3.05 bits per heavy atom. The molecule has 2 aromatic heterocycles. The van der Waals surface area contributed by atoms with Gasteiger partial charge in [0.1, 0.15) is 5.52 Å². The largest absolute Gasteiger partial charge is 0.353 e. The van der Waals surface area contributed by atoms with Crippen molar-refractivity contribution in [2.24, 2.45) is 0 Å². The smallest absolute Gasteiger partial charge is 0.209 e. The number of anilines is 1. The van der Waals surface area contributed by atoms with Gasteiger partial charge in [0.25, 0.3) is 0 Å². The molecule has 0 aliphatic carbocycles. The molecule has 0 spiro atoms. The molecule has 0 aromatic carbocycles. The topological polar surface area (TPSA) is 79.6 Å². The lowest BCUT2D eigenvalue weighted by molar-refractivity contribution is 0.466. The van der Waals surface area contributed by atoms with Crippen molar-refractivity contribution in [2.45, 2.75) is 18.9 Å². The fourth-order valence-corrected chi connectivity index (χ4v) is 3.45. The Labute approximate surface area is 117 Å². The van der Waals surface area contributed by atoms with Crippen molar-refractivity contribution >= 4 is 21.4 Å². The quantitative estimate of drug-likeness (QED) is 0.878. The second-order valence-electron chi connectivity index (χ2n) is 5.09. The van der Waals surface area contributed by atoms with Gasteiger partial charge in [-0.25, -0.2) is 22.6 Å². The zero-order valence-corrected chi connectivity index (χ0v) is 12.0. The molecule has 2 aromatic rings. The van der Waals surface area contributed by atoms with Crippen LogP contribution in [0.5, 0.6) is 0 Å². The molecule has 1 fully saturated rings. The number of nitrogens with zero attached hydrogens (tertiary/aromatic N) is 4. The van der Waals surface area contributed by atoms with Crippen LogP contribution in [-0.4, -0.2) is 48.4 Å². The average Bonchev–Trinajstić information content (AvgIpc) is 2.85. The van der Waals surface area contributed by atoms with E-state index in [1.165, 1.54) is 6.26 Å². The van der Waals surface area contributed by atoms with Crippen molar-refractivity contribution in [3.8, 4) is 0 Å².